The third-order valence-corrected chi connectivity index (χ3v) is 12.1. The van der Waals surface area contributed by atoms with Gasteiger partial charge in [-0.25, -0.2) is 4.57 Å². The molecule has 1 aliphatic rings. The van der Waals surface area contributed by atoms with Gasteiger partial charge in [0.2, 0.25) is 0 Å². The van der Waals surface area contributed by atoms with Crippen LogP contribution in [0.3, 0.4) is 0 Å². The van der Waals surface area contributed by atoms with Crippen LogP contribution in [-0.2, 0) is 32.7 Å². The highest BCUT2D eigenvalue weighted by molar-refractivity contribution is 7.47. The van der Waals surface area contributed by atoms with Gasteiger partial charge in [0.25, 0.3) is 0 Å². The van der Waals surface area contributed by atoms with E-state index in [-0.39, 0.29) is 12.8 Å². The molecule has 1 rings (SSSR count). The van der Waals surface area contributed by atoms with Gasteiger partial charge in [-0.2, -0.15) is 0 Å². The minimum absolute atomic E-state index is 0.0402. The van der Waals surface area contributed by atoms with Gasteiger partial charge < -0.3 is 39.9 Å². The Labute approximate surface area is 391 Å². The molecular formula is C51H87O13P. The number of esters is 2. The summed E-state index contributed by atoms with van der Waals surface area (Å²) in [6.45, 7) is 3.13. The first-order valence-corrected chi connectivity index (χ1v) is 26.2. The van der Waals surface area contributed by atoms with Gasteiger partial charge in [-0.15, -0.1) is 0 Å². The number of rotatable bonds is 40. The number of hydrogen-bond acceptors (Lipinski definition) is 12. The lowest BCUT2D eigenvalue weighted by Gasteiger charge is -2.41. The van der Waals surface area contributed by atoms with Crippen molar-refractivity contribution in [2.24, 2.45) is 0 Å². The number of unbranched alkanes of at least 4 members (excludes halogenated alkanes) is 16. The zero-order chi connectivity index (χ0) is 47.8. The van der Waals surface area contributed by atoms with E-state index in [1.165, 1.54) is 77.0 Å². The summed E-state index contributed by atoms with van der Waals surface area (Å²) in [7, 11) is -5.14. The second-order valence-electron chi connectivity index (χ2n) is 16.9. The molecule has 1 saturated carbocycles. The average Bonchev–Trinajstić information content (AvgIpc) is 3.29. The quantitative estimate of drug-likeness (QED) is 0.0146. The van der Waals surface area contributed by atoms with Gasteiger partial charge in [-0.05, 0) is 51.4 Å². The molecule has 8 atom stereocenters. The lowest BCUT2D eigenvalue weighted by molar-refractivity contribution is -0.220. The molecular weight excluding hydrogens is 852 g/mol. The van der Waals surface area contributed by atoms with E-state index in [4.69, 9.17) is 18.5 Å². The van der Waals surface area contributed by atoms with Crippen molar-refractivity contribution in [3.05, 3.63) is 72.9 Å². The molecule has 0 amide bonds. The van der Waals surface area contributed by atoms with E-state index in [1.54, 1.807) is 0 Å². The number of aliphatic hydroxyl groups is 5. The Balaban J connectivity index is 2.48. The molecule has 6 unspecified atom stereocenters. The summed E-state index contributed by atoms with van der Waals surface area (Å²) in [5, 5.41) is 50.2. The first-order valence-electron chi connectivity index (χ1n) is 24.7. The summed E-state index contributed by atoms with van der Waals surface area (Å²) in [6, 6.07) is 0. The van der Waals surface area contributed by atoms with Crippen molar-refractivity contribution >= 4 is 19.8 Å². The molecule has 374 valence electrons. The molecule has 0 heterocycles. The van der Waals surface area contributed by atoms with Crippen molar-refractivity contribution in [3.8, 4) is 0 Å². The Morgan fingerprint density at radius 1 is 0.492 bits per heavy atom. The number of phosphoric acid groups is 1. The topological polar surface area (TPSA) is 210 Å². The molecule has 1 fully saturated rings. The van der Waals surface area contributed by atoms with Crippen molar-refractivity contribution in [2.75, 3.05) is 13.2 Å². The normalized spacial score (nSPS) is 22.0. The minimum atomic E-state index is -5.14. The van der Waals surface area contributed by atoms with Crippen LogP contribution in [-0.4, -0.2) is 98.3 Å². The number of phosphoric ester groups is 1. The molecule has 0 aromatic rings. The van der Waals surface area contributed by atoms with Gasteiger partial charge in [0.1, 0.15) is 43.2 Å². The summed E-state index contributed by atoms with van der Waals surface area (Å²) < 4.78 is 33.5. The maximum atomic E-state index is 12.8. The Hall–Kier alpha value is -2.71. The molecule has 6 N–H and O–H groups in total. The summed E-state index contributed by atoms with van der Waals surface area (Å²) in [5.41, 5.74) is 0. The molecule has 0 saturated heterocycles. The van der Waals surface area contributed by atoms with Crippen LogP contribution in [0.2, 0.25) is 0 Å². The predicted octanol–water partition coefficient (Wildman–Crippen LogP) is 10.3. The van der Waals surface area contributed by atoms with Crippen LogP contribution in [0.5, 0.6) is 0 Å². The van der Waals surface area contributed by atoms with Crippen molar-refractivity contribution in [1.82, 2.24) is 0 Å². The molecule has 0 aliphatic heterocycles. The summed E-state index contributed by atoms with van der Waals surface area (Å²) >= 11 is 0. The maximum Gasteiger partial charge on any atom is 0.472 e. The molecule has 0 bridgehead atoms. The molecule has 1 aliphatic carbocycles. The maximum absolute atomic E-state index is 12.8. The highest BCUT2D eigenvalue weighted by Crippen LogP contribution is 2.47. The van der Waals surface area contributed by atoms with Crippen molar-refractivity contribution in [1.29, 1.82) is 0 Å². The van der Waals surface area contributed by atoms with Gasteiger partial charge in [0.15, 0.2) is 6.10 Å². The van der Waals surface area contributed by atoms with Gasteiger partial charge in [0, 0.05) is 12.8 Å². The number of aliphatic hydroxyl groups excluding tert-OH is 5. The van der Waals surface area contributed by atoms with Crippen LogP contribution >= 0.6 is 7.82 Å². The zero-order valence-corrected chi connectivity index (χ0v) is 40.7. The molecule has 0 radical (unpaired) electrons. The first-order chi connectivity index (χ1) is 31.4. The Bertz CT molecular complexity index is 1410. The summed E-state index contributed by atoms with van der Waals surface area (Å²) in [4.78, 5) is 35.7. The summed E-state index contributed by atoms with van der Waals surface area (Å²) in [6.07, 6.45) is 38.2. The molecule has 13 nitrogen and oxygen atoms in total. The van der Waals surface area contributed by atoms with E-state index >= 15 is 0 Å². The highest BCUT2D eigenvalue weighted by Gasteiger charge is 2.51. The molecule has 0 aromatic heterocycles. The second kappa shape index (κ2) is 40.4. The van der Waals surface area contributed by atoms with E-state index < -0.39 is 75.7 Å². The molecule has 65 heavy (non-hydrogen) atoms. The van der Waals surface area contributed by atoms with Crippen LogP contribution in [0.25, 0.3) is 0 Å². The van der Waals surface area contributed by atoms with Crippen LogP contribution in [0.4, 0.5) is 0 Å². The largest absolute Gasteiger partial charge is 0.472 e. The standard InChI is InChI=1S/C51H87O13P/c1-3-5-7-9-11-13-15-17-19-21-22-24-25-27-29-31-33-35-37-39-44(52)61-41-43(42-62-65(59,60)64-51-49(57)47(55)46(54)48(56)50(51)58)63-45(53)40-38-36-34-32-30-28-26-23-20-18-16-14-12-10-8-6-4-2/h5,7,11,13,17,19,22,24,27,29,33,35,43,46-51,54-58H,3-4,6,8-10,12,14-16,18,20-21,23,25-26,28,30-32,34,36-42H2,1-2H3,(H,59,60)/b7-5+,13-11+,19-17+,24-22+,29-27+,35-33+/t43-,46?,47-,48?,49?,50?,51?/m0/s1. The van der Waals surface area contributed by atoms with Gasteiger partial charge >= 0.3 is 19.8 Å². The van der Waals surface area contributed by atoms with E-state index in [1.807, 2.05) is 18.2 Å². The Kier molecular flexibility index (Phi) is 37.5. The Morgan fingerprint density at radius 2 is 0.877 bits per heavy atom. The highest BCUT2D eigenvalue weighted by atomic mass is 31.2. The van der Waals surface area contributed by atoms with Crippen molar-refractivity contribution in [3.63, 3.8) is 0 Å². The van der Waals surface area contributed by atoms with E-state index in [0.717, 1.165) is 57.8 Å². The zero-order valence-electron chi connectivity index (χ0n) is 39.8. The lowest BCUT2D eigenvalue weighted by Crippen LogP contribution is -2.64. The fourth-order valence-electron chi connectivity index (χ4n) is 7.14. The Morgan fingerprint density at radius 3 is 1.31 bits per heavy atom. The van der Waals surface area contributed by atoms with Crippen LogP contribution < -0.4 is 0 Å². The monoisotopic (exact) mass is 939 g/mol. The third-order valence-electron chi connectivity index (χ3n) is 11.1. The van der Waals surface area contributed by atoms with Crippen molar-refractivity contribution in [2.45, 2.75) is 224 Å². The fraction of sp³-hybridized carbons (Fsp3) is 0.725. The lowest BCUT2D eigenvalue weighted by atomic mass is 9.85. The van der Waals surface area contributed by atoms with Crippen LogP contribution in [0, 0.1) is 0 Å². The number of carbonyl (C=O) groups excluding carboxylic acids is 2. The summed E-state index contributed by atoms with van der Waals surface area (Å²) in [5.74, 6) is -1.20. The third kappa shape index (κ3) is 32.6. The smallest absolute Gasteiger partial charge is 0.462 e. The van der Waals surface area contributed by atoms with Gasteiger partial charge in [-0.3, -0.25) is 18.6 Å². The van der Waals surface area contributed by atoms with E-state index in [0.29, 0.717) is 19.3 Å². The number of hydrogen-bond donors (Lipinski definition) is 6. The SMILES string of the molecule is CC/C=C/C/C=C/C/C=C/C/C=C/C/C=C/C/C=C/CCC(=O)OC[C@@H](COP(=O)(O)OC1C(O)C(O)C(O)[C@H](O)C1O)OC(=O)CCCCCCCCCCCCCCCCCCC. The number of ether oxygens (including phenoxy) is 2. The molecule has 0 spiro atoms. The second-order valence-corrected chi connectivity index (χ2v) is 18.3. The fourth-order valence-corrected chi connectivity index (χ4v) is 8.11. The van der Waals surface area contributed by atoms with Crippen LogP contribution in [0.1, 0.15) is 181 Å². The van der Waals surface area contributed by atoms with Gasteiger partial charge in [-0.1, -0.05) is 189 Å². The van der Waals surface area contributed by atoms with Crippen molar-refractivity contribution < 1.29 is 63.1 Å². The number of carbonyl (C=O) groups is 2. The average molecular weight is 939 g/mol. The minimum Gasteiger partial charge on any atom is -0.462 e. The van der Waals surface area contributed by atoms with E-state index in [2.05, 4.69) is 68.5 Å². The first kappa shape index (κ1) is 60.3. The predicted molar refractivity (Wildman–Crippen MR) is 258 cm³/mol. The number of allylic oxidation sites excluding steroid dienone is 12. The van der Waals surface area contributed by atoms with Gasteiger partial charge in [0.05, 0.1) is 6.61 Å². The van der Waals surface area contributed by atoms with Crippen LogP contribution in [0.15, 0.2) is 72.9 Å². The molecule has 0 aromatic carbocycles. The molecule has 14 heteroatoms. The van der Waals surface area contributed by atoms with E-state index in [9.17, 15) is 44.6 Å².